The molecule has 3 N–H and O–H groups in total. The van der Waals surface area contributed by atoms with E-state index in [1.54, 1.807) is 20.9 Å². The second-order valence-corrected chi connectivity index (χ2v) is 6.55. The van der Waals surface area contributed by atoms with Crippen molar-refractivity contribution >= 4 is 16.8 Å². The molecule has 0 saturated heterocycles. The summed E-state index contributed by atoms with van der Waals surface area (Å²) in [6.07, 6.45) is -1.61. The molecular formula is C18H17F2N7O3. The van der Waals surface area contributed by atoms with Crippen LogP contribution in [0.5, 0.6) is 5.75 Å². The maximum atomic E-state index is 13.8. The number of halogens is 2. The normalized spacial score (nSPS) is 11.7. The molecule has 0 unspecified atom stereocenters. The zero-order chi connectivity index (χ0) is 21.7. The molecule has 4 aromatic heterocycles. The molecule has 0 atom stereocenters. The highest BCUT2D eigenvalue weighted by Gasteiger charge is 2.30. The number of hydrogen-bond donors (Lipinski definition) is 2. The average Bonchev–Trinajstić information content (AvgIpc) is 3.37. The predicted molar refractivity (Wildman–Crippen MR) is 101 cm³/mol. The molecule has 4 rings (SSSR count). The van der Waals surface area contributed by atoms with Gasteiger partial charge in [0.1, 0.15) is 22.8 Å². The highest BCUT2D eigenvalue weighted by Crippen LogP contribution is 2.39. The van der Waals surface area contributed by atoms with Crippen LogP contribution in [0.25, 0.3) is 33.9 Å². The Kier molecular flexibility index (Phi) is 4.48. The van der Waals surface area contributed by atoms with Crippen LogP contribution in [0.15, 0.2) is 16.7 Å². The number of aryl methyl sites for hydroxylation is 3. The Bertz CT molecular complexity index is 1290. The van der Waals surface area contributed by atoms with Gasteiger partial charge in [-0.15, -0.1) is 0 Å². The Morgan fingerprint density at radius 3 is 2.70 bits per heavy atom. The smallest absolute Gasteiger partial charge is 0.297 e. The number of rotatable bonds is 5. The molecule has 0 saturated carbocycles. The van der Waals surface area contributed by atoms with Gasteiger partial charge < -0.3 is 15.3 Å². The van der Waals surface area contributed by atoms with Gasteiger partial charge in [0.15, 0.2) is 11.4 Å². The van der Waals surface area contributed by atoms with E-state index in [1.807, 2.05) is 0 Å². The summed E-state index contributed by atoms with van der Waals surface area (Å²) < 4.78 is 35.9. The Balaban J connectivity index is 2.03. The number of nitrogens with zero attached hydrogens (tertiary/aromatic N) is 6. The number of oxazole rings is 1. The van der Waals surface area contributed by atoms with Gasteiger partial charge in [0.25, 0.3) is 12.3 Å². The van der Waals surface area contributed by atoms with Crippen molar-refractivity contribution in [2.24, 2.45) is 12.8 Å². The zero-order valence-corrected chi connectivity index (χ0v) is 16.2. The van der Waals surface area contributed by atoms with Crippen molar-refractivity contribution in [3.63, 3.8) is 0 Å². The van der Waals surface area contributed by atoms with E-state index in [9.17, 15) is 18.7 Å². The van der Waals surface area contributed by atoms with Gasteiger partial charge in [0.2, 0.25) is 11.7 Å². The van der Waals surface area contributed by atoms with Gasteiger partial charge in [0.05, 0.1) is 11.7 Å². The molecule has 30 heavy (non-hydrogen) atoms. The SMILES string of the molecule is CCn1nc(C)c(O)c1-c1nc(-c2nc(C(N)=O)cc3c2cnn3C)c(C(F)F)o1. The molecule has 12 heteroatoms. The number of alkyl halides is 2. The summed E-state index contributed by atoms with van der Waals surface area (Å²) in [5.41, 5.74) is 5.74. The number of pyridine rings is 1. The van der Waals surface area contributed by atoms with Crippen LogP contribution in [0.2, 0.25) is 0 Å². The molecule has 156 valence electrons. The summed E-state index contributed by atoms with van der Waals surface area (Å²) in [6.45, 7) is 3.69. The molecule has 0 aromatic carbocycles. The van der Waals surface area contributed by atoms with Crippen molar-refractivity contribution < 1.29 is 23.1 Å². The minimum absolute atomic E-state index is 0.0292. The molecule has 0 aliphatic carbocycles. The minimum Gasteiger partial charge on any atom is -0.504 e. The number of carbonyl (C=O) groups excluding carboxylic acids is 1. The minimum atomic E-state index is -3.03. The number of fused-ring (bicyclic) bond motifs is 1. The van der Waals surface area contributed by atoms with Crippen molar-refractivity contribution in [1.29, 1.82) is 0 Å². The molecular weight excluding hydrogens is 400 g/mol. The number of aromatic nitrogens is 6. The van der Waals surface area contributed by atoms with E-state index in [1.165, 1.54) is 21.6 Å². The van der Waals surface area contributed by atoms with E-state index in [0.29, 0.717) is 23.1 Å². The number of carbonyl (C=O) groups is 1. The molecule has 0 aliphatic rings. The molecule has 0 bridgehead atoms. The number of hydrogen-bond acceptors (Lipinski definition) is 7. The van der Waals surface area contributed by atoms with Gasteiger partial charge in [-0.25, -0.2) is 18.7 Å². The lowest BCUT2D eigenvalue weighted by Gasteiger charge is -2.04. The highest BCUT2D eigenvalue weighted by molar-refractivity contribution is 5.99. The topological polar surface area (TPSA) is 138 Å². The molecule has 1 amide bonds. The summed E-state index contributed by atoms with van der Waals surface area (Å²) >= 11 is 0. The predicted octanol–water partition coefficient (Wildman–Crippen LogP) is 2.56. The van der Waals surface area contributed by atoms with Crippen LogP contribution in [0.3, 0.4) is 0 Å². The third kappa shape index (κ3) is 2.88. The Hall–Kier alpha value is -3.83. The fraction of sp³-hybridized carbons (Fsp3) is 0.278. The molecule has 10 nitrogen and oxygen atoms in total. The van der Waals surface area contributed by atoms with Crippen molar-refractivity contribution in [1.82, 2.24) is 29.5 Å². The highest BCUT2D eigenvalue weighted by atomic mass is 19.3. The first-order valence-electron chi connectivity index (χ1n) is 8.91. The lowest BCUT2D eigenvalue weighted by atomic mass is 10.1. The summed E-state index contributed by atoms with van der Waals surface area (Å²) in [7, 11) is 1.62. The van der Waals surface area contributed by atoms with Gasteiger partial charge in [-0.1, -0.05) is 0 Å². The Labute approximate surface area is 167 Å². The third-order valence-electron chi connectivity index (χ3n) is 4.67. The lowest BCUT2D eigenvalue weighted by Crippen LogP contribution is -2.14. The summed E-state index contributed by atoms with van der Waals surface area (Å²) in [5, 5.41) is 19.0. The Morgan fingerprint density at radius 1 is 1.33 bits per heavy atom. The van der Waals surface area contributed by atoms with Crippen molar-refractivity contribution in [2.45, 2.75) is 26.8 Å². The number of nitrogens with two attached hydrogens (primary N) is 1. The van der Waals surface area contributed by atoms with Crippen LogP contribution in [0, 0.1) is 6.92 Å². The second-order valence-electron chi connectivity index (χ2n) is 6.55. The van der Waals surface area contributed by atoms with Crippen LogP contribution in [0.1, 0.15) is 35.3 Å². The van der Waals surface area contributed by atoms with Gasteiger partial charge in [-0.2, -0.15) is 10.2 Å². The van der Waals surface area contributed by atoms with Crippen LogP contribution in [-0.2, 0) is 13.6 Å². The molecule has 4 heterocycles. The fourth-order valence-corrected chi connectivity index (χ4v) is 3.21. The Morgan fingerprint density at radius 2 is 2.07 bits per heavy atom. The van der Waals surface area contributed by atoms with Crippen molar-refractivity contribution in [3.8, 4) is 28.7 Å². The van der Waals surface area contributed by atoms with E-state index in [-0.39, 0.29) is 34.4 Å². The number of amides is 1. The lowest BCUT2D eigenvalue weighted by molar-refractivity contribution is 0.0996. The van der Waals surface area contributed by atoms with E-state index < -0.39 is 18.1 Å². The monoisotopic (exact) mass is 417 g/mol. The van der Waals surface area contributed by atoms with Crippen LogP contribution in [0.4, 0.5) is 8.78 Å². The summed E-state index contributed by atoms with van der Waals surface area (Å²) in [4.78, 5) is 20.1. The number of aromatic hydroxyl groups is 1. The first-order valence-corrected chi connectivity index (χ1v) is 8.91. The maximum absolute atomic E-state index is 13.8. The number of primary amides is 1. The van der Waals surface area contributed by atoms with Gasteiger partial charge >= 0.3 is 0 Å². The third-order valence-corrected chi connectivity index (χ3v) is 4.67. The fourth-order valence-electron chi connectivity index (χ4n) is 3.21. The second kappa shape index (κ2) is 6.90. The average molecular weight is 417 g/mol. The molecule has 0 aliphatic heterocycles. The molecule has 4 aromatic rings. The standard InChI is InChI=1S/C18H17F2N7O3/c1-4-27-13(14(28)7(2)25-27)18-24-12(15(30-18)16(19)20)11-8-6-22-26(3)10(8)5-9(23-11)17(21)29/h5-6,16,28H,4H2,1-3H3,(H2,21,29). The largest absolute Gasteiger partial charge is 0.504 e. The van der Waals surface area contributed by atoms with E-state index >= 15 is 0 Å². The van der Waals surface area contributed by atoms with Gasteiger partial charge in [-0.3, -0.25) is 14.2 Å². The van der Waals surface area contributed by atoms with Crippen LogP contribution >= 0.6 is 0 Å². The van der Waals surface area contributed by atoms with E-state index in [2.05, 4.69) is 20.2 Å². The zero-order valence-electron chi connectivity index (χ0n) is 16.2. The quantitative estimate of drug-likeness (QED) is 0.509. The first-order chi connectivity index (χ1) is 14.2. The van der Waals surface area contributed by atoms with Gasteiger partial charge in [-0.05, 0) is 19.9 Å². The molecule has 0 fully saturated rings. The molecule has 0 spiro atoms. The van der Waals surface area contributed by atoms with Gasteiger partial charge in [0, 0.05) is 19.0 Å². The summed E-state index contributed by atoms with van der Waals surface area (Å²) in [5.74, 6) is -2.07. The summed E-state index contributed by atoms with van der Waals surface area (Å²) in [6, 6.07) is 1.42. The maximum Gasteiger partial charge on any atom is 0.297 e. The van der Waals surface area contributed by atoms with Crippen LogP contribution in [-0.4, -0.2) is 40.5 Å². The van der Waals surface area contributed by atoms with E-state index in [0.717, 1.165) is 0 Å². The molecule has 0 radical (unpaired) electrons. The first kappa shape index (κ1) is 19.5. The van der Waals surface area contributed by atoms with Crippen molar-refractivity contribution in [2.75, 3.05) is 0 Å². The van der Waals surface area contributed by atoms with Crippen LogP contribution < -0.4 is 5.73 Å². The van der Waals surface area contributed by atoms with E-state index in [4.69, 9.17) is 10.2 Å². The van der Waals surface area contributed by atoms with Crippen molar-refractivity contribution in [3.05, 3.63) is 29.4 Å².